The monoisotopic (exact) mass is 196 g/mol. The Morgan fingerprint density at radius 1 is 1.50 bits per heavy atom. The van der Waals surface area contributed by atoms with Crippen LogP contribution in [0, 0.1) is 5.92 Å². The van der Waals surface area contributed by atoms with Crippen LogP contribution in [0.2, 0.25) is 0 Å². The summed E-state index contributed by atoms with van der Waals surface area (Å²) in [5.41, 5.74) is 1.00. The van der Waals surface area contributed by atoms with Gasteiger partial charge in [-0.1, -0.05) is 12.2 Å². The number of amides is 1. The highest BCUT2D eigenvalue weighted by Crippen LogP contribution is 2.15. The molecular formula is C11H20N2O. The molecule has 2 N–H and O–H groups in total. The van der Waals surface area contributed by atoms with Crippen LogP contribution in [0.3, 0.4) is 0 Å². The Labute approximate surface area is 86.0 Å². The summed E-state index contributed by atoms with van der Waals surface area (Å²) >= 11 is 0. The minimum absolute atomic E-state index is 0.167. The first-order chi connectivity index (χ1) is 6.68. The van der Waals surface area contributed by atoms with Crippen molar-refractivity contribution in [3.63, 3.8) is 0 Å². The lowest BCUT2D eigenvalue weighted by Crippen LogP contribution is -2.32. The van der Waals surface area contributed by atoms with Gasteiger partial charge in [0.05, 0.1) is 0 Å². The third kappa shape index (κ3) is 4.42. The molecule has 0 atom stereocenters. The van der Waals surface area contributed by atoms with Gasteiger partial charge in [-0.25, -0.2) is 0 Å². The quantitative estimate of drug-likeness (QED) is 0.660. The van der Waals surface area contributed by atoms with Gasteiger partial charge in [0.1, 0.15) is 0 Å². The van der Waals surface area contributed by atoms with Gasteiger partial charge in [0.15, 0.2) is 0 Å². The Morgan fingerprint density at radius 3 is 2.71 bits per heavy atom. The van der Waals surface area contributed by atoms with Crippen LogP contribution in [0.4, 0.5) is 0 Å². The highest BCUT2D eigenvalue weighted by Gasteiger charge is 2.16. The van der Waals surface area contributed by atoms with Crippen LogP contribution < -0.4 is 10.6 Å². The lowest BCUT2D eigenvalue weighted by Gasteiger charge is -2.21. The molecule has 0 aromatic carbocycles. The maximum Gasteiger partial charge on any atom is 0.220 e. The van der Waals surface area contributed by atoms with Crippen molar-refractivity contribution in [3.8, 4) is 0 Å². The summed E-state index contributed by atoms with van der Waals surface area (Å²) in [6.45, 7) is 8.39. The third-order valence-corrected chi connectivity index (χ3v) is 2.52. The van der Waals surface area contributed by atoms with E-state index in [0.717, 1.165) is 31.5 Å². The van der Waals surface area contributed by atoms with Crippen LogP contribution in [0.25, 0.3) is 0 Å². The molecule has 0 aromatic rings. The fraction of sp³-hybridized carbons (Fsp3) is 0.727. The topological polar surface area (TPSA) is 41.1 Å². The zero-order valence-electron chi connectivity index (χ0n) is 8.94. The molecule has 3 heteroatoms. The van der Waals surface area contributed by atoms with Crippen molar-refractivity contribution in [1.29, 1.82) is 0 Å². The molecule has 1 heterocycles. The van der Waals surface area contributed by atoms with Crippen LogP contribution in [0.5, 0.6) is 0 Å². The average molecular weight is 196 g/mol. The molecule has 80 valence electrons. The van der Waals surface area contributed by atoms with Crippen molar-refractivity contribution in [2.45, 2.75) is 26.2 Å². The summed E-state index contributed by atoms with van der Waals surface area (Å²) < 4.78 is 0. The van der Waals surface area contributed by atoms with E-state index in [9.17, 15) is 4.79 Å². The second kappa shape index (κ2) is 5.81. The minimum atomic E-state index is 0.167. The standard InChI is InChI=1S/C11H20N2O/c1-9(2)8-13-11(14)7-10-3-5-12-6-4-10/h10,12H,1,3-8H2,2H3,(H,13,14). The normalized spacial score (nSPS) is 17.8. The van der Waals surface area contributed by atoms with E-state index >= 15 is 0 Å². The van der Waals surface area contributed by atoms with E-state index < -0.39 is 0 Å². The van der Waals surface area contributed by atoms with Gasteiger partial charge in [0, 0.05) is 13.0 Å². The molecular weight excluding hydrogens is 176 g/mol. The number of carbonyl (C=O) groups is 1. The molecule has 0 spiro atoms. The third-order valence-electron chi connectivity index (χ3n) is 2.52. The van der Waals surface area contributed by atoms with E-state index in [2.05, 4.69) is 17.2 Å². The number of rotatable bonds is 4. The zero-order chi connectivity index (χ0) is 10.4. The summed E-state index contributed by atoms with van der Waals surface area (Å²) in [5, 5.41) is 6.16. The maximum atomic E-state index is 11.4. The van der Waals surface area contributed by atoms with Gasteiger partial charge < -0.3 is 10.6 Å². The van der Waals surface area contributed by atoms with Crippen LogP contribution in [0.15, 0.2) is 12.2 Å². The lowest BCUT2D eigenvalue weighted by molar-refractivity contribution is -0.122. The van der Waals surface area contributed by atoms with Gasteiger partial charge in [-0.05, 0) is 38.8 Å². The van der Waals surface area contributed by atoms with E-state index in [1.807, 2.05) is 6.92 Å². The van der Waals surface area contributed by atoms with Crippen molar-refractivity contribution in [2.75, 3.05) is 19.6 Å². The predicted molar refractivity (Wildman–Crippen MR) is 58.0 cm³/mol. The van der Waals surface area contributed by atoms with Crippen LogP contribution in [0.1, 0.15) is 26.2 Å². The molecule has 1 aliphatic rings. The number of nitrogens with one attached hydrogen (secondary N) is 2. The van der Waals surface area contributed by atoms with E-state index in [4.69, 9.17) is 0 Å². The molecule has 0 aromatic heterocycles. The summed E-state index contributed by atoms with van der Waals surface area (Å²) in [6.07, 6.45) is 2.93. The molecule has 1 aliphatic heterocycles. The first-order valence-corrected chi connectivity index (χ1v) is 5.30. The number of hydrogen-bond donors (Lipinski definition) is 2. The van der Waals surface area contributed by atoms with Gasteiger partial charge in [-0.2, -0.15) is 0 Å². The van der Waals surface area contributed by atoms with Crippen molar-refractivity contribution >= 4 is 5.91 Å². The maximum absolute atomic E-state index is 11.4. The Morgan fingerprint density at radius 2 is 2.14 bits per heavy atom. The Kier molecular flexibility index (Phi) is 4.66. The van der Waals surface area contributed by atoms with Gasteiger partial charge in [0.2, 0.25) is 5.91 Å². The Balaban J connectivity index is 2.15. The van der Waals surface area contributed by atoms with Crippen molar-refractivity contribution in [2.24, 2.45) is 5.92 Å². The molecule has 1 amide bonds. The molecule has 3 nitrogen and oxygen atoms in total. The molecule has 14 heavy (non-hydrogen) atoms. The van der Waals surface area contributed by atoms with Crippen molar-refractivity contribution in [1.82, 2.24) is 10.6 Å². The van der Waals surface area contributed by atoms with Crippen LogP contribution >= 0.6 is 0 Å². The smallest absolute Gasteiger partial charge is 0.220 e. The minimum Gasteiger partial charge on any atom is -0.352 e. The number of hydrogen-bond acceptors (Lipinski definition) is 2. The van der Waals surface area contributed by atoms with Gasteiger partial charge in [-0.3, -0.25) is 4.79 Å². The lowest BCUT2D eigenvalue weighted by atomic mass is 9.94. The average Bonchev–Trinajstić information content (AvgIpc) is 2.16. The van der Waals surface area contributed by atoms with Gasteiger partial charge >= 0.3 is 0 Å². The summed E-state index contributed by atoms with van der Waals surface area (Å²) in [4.78, 5) is 11.4. The van der Waals surface area contributed by atoms with E-state index in [1.165, 1.54) is 0 Å². The van der Waals surface area contributed by atoms with Crippen LogP contribution in [-0.2, 0) is 4.79 Å². The van der Waals surface area contributed by atoms with Gasteiger partial charge in [0.25, 0.3) is 0 Å². The second-order valence-electron chi connectivity index (χ2n) is 4.13. The molecule has 0 saturated carbocycles. The second-order valence-corrected chi connectivity index (χ2v) is 4.13. The first-order valence-electron chi connectivity index (χ1n) is 5.30. The molecule has 0 unspecified atom stereocenters. The van der Waals surface area contributed by atoms with Crippen molar-refractivity contribution in [3.05, 3.63) is 12.2 Å². The highest BCUT2D eigenvalue weighted by atomic mass is 16.1. The van der Waals surface area contributed by atoms with E-state index in [1.54, 1.807) is 0 Å². The molecule has 1 saturated heterocycles. The predicted octanol–water partition coefficient (Wildman–Crippen LogP) is 1.07. The molecule has 0 aliphatic carbocycles. The number of piperidine rings is 1. The molecule has 1 fully saturated rings. The van der Waals surface area contributed by atoms with E-state index in [0.29, 0.717) is 18.9 Å². The fourth-order valence-electron chi connectivity index (χ4n) is 1.67. The SMILES string of the molecule is C=C(C)CNC(=O)CC1CCNCC1. The summed E-state index contributed by atoms with van der Waals surface area (Å²) in [6, 6.07) is 0. The first kappa shape index (κ1) is 11.2. The molecule has 0 radical (unpaired) electrons. The summed E-state index contributed by atoms with van der Waals surface area (Å²) in [7, 11) is 0. The highest BCUT2D eigenvalue weighted by molar-refractivity contribution is 5.76. The van der Waals surface area contributed by atoms with Crippen molar-refractivity contribution < 1.29 is 4.79 Å². The fourth-order valence-corrected chi connectivity index (χ4v) is 1.67. The summed E-state index contributed by atoms with van der Waals surface area (Å²) in [5.74, 6) is 0.737. The number of carbonyl (C=O) groups excluding carboxylic acids is 1. The van der Waals surface area contributed by atoms with Gasteiger partial charge in [-0.15, -0.1) is 0 Å². The van der Waals surface area contributed by atoms with Crippen LogP contribution in [-0.4, -0.2) is 25.5 Å². The zero-order valence-corrected chi connectivity index (χ0v) is 8.94. The molecule has 1 rings (SSSR count). The Bertz CT molecular complexity index is 207. The molecule has 0 bridgehead atoms. The van der Waals surface area contributed by atoms with E-state index in [-0.39, 0.29) is 5.91 Å². The largest absolute Gasteiger partial charge is 0.352 e. The Hall–Kier alpha value is -0.830.